The van der Waals surface area contributed by atoms with Crippen LogP contribution in [0, 0.1) is 12.7 Å². The van der Waals surface area contributed by atoms with Gasteiger partial charge in [0.05, 0.1) is 12.7 Å². The Hall–Kier alpha value is -2.96. The van der Waals surface area contributed by atoms with E-state index in [1.54, 1.807) is 19.1 Å². The average Bonchev–Trinajstić information content (AvgIpc) is 2.49. The van der Waals surface area contributed by atoms with Crippen LogP contribution in [-0.2, 0) is 4.79 Å². The van der Waals surface area contributed by atoms with E-state index in [2.05, 4.69) is 15.6 Å². The number of benzene rings is 1. The second kappa shape index (κ2) is 6.87. The Morgan fingerprint density at radius 3 is 2.57 bits per heavy atom. The summed E-state index contributed by atoms with van der Waals surface area (Å²) in [7, 11) is 1.44. The van der Waals surface area contributed by atoms with Crippen LogP contribution in [0.15, 0.2) is 30.3 Å². The van der Waals surface area contributed by atoms with Crippen molar-refractivity contribution in [3.8, 4) is 5.75 Å². The summed E-state index contributed by atoms with van der Waals surface area (Å²) in [6.07, 6.45) is 0. The van der Waals surface area contributed by atoms with Crippen LogP contribution in [0.1, 0.15) is 23.0 Å². The third-order valence-corrected chi connectivity index (χ3v) is 2.98. The number of aryl methyl sites for hydroxylation is 1. The number of anilines is 2. The Morgan fingerprint density at radius 1 is 1.17 bits per heavy atom. The quantitative estimate of drug-likeness (QED) is 0.908. The summed E-state index contributed by atoms with van der Waals surface area (Å²) in [6, 6.07) is 7.13. The molecule has 1 aromatic heterocycles. The van der Waals surface area contributed by atoms with Crippen molar-refractivity contribution in [2.75, 3.05) is 17.7 Å². The SMILES string of the molecule is COc1ccc(C)nc1NC(=O)c1cc(NC(C)=O)ccc1F. The van der Waals surface area contributed by atoms with Crippen LogP contribution < -0.4 is 15.4 Å². The second-order valence-corrected chi connectivity index (χ2v) is 4.83. The molecule has 2 amide bonds. The van der Waals surface area contributed by atoms with E-state index >= 15 is 0 Å². The van der Waals surface area contributed by atoms with Gasteiger partial charge in [0, 0.05) is 18.3 Å². The lowest BCUT2D eigenvalue weighted by Gasteiger charge is -2.11. The highest BCUT2D eigenvalue weighted by molar-refractivity contribution is 6.05. The minimum Gasteiger partial charge on any atom is -0.493 e. The molecule has 1 aromatic carbocycles. The molecule has 2 rings (SSSR count). The van der Waals surface area contributed by atoms with Crippen molar-refractivity contribution in [2.45, 2.75) is 13.8 Å². The lowest BCUT2D eigenvalue weighted by molar-refractivity contribution is -0.114. The number of ether oxygens (including phenoxy) is 1. The minimum absolute atomic E-state index is 0.196. The molecule has 0 spiro atoms. The number of nitrogens with one attached hydrogen (secondary N) is 2. The fourth-order valence-electron chi connectivity index (χ4n) is 1.95. The molecule has 0 bridgehead atoms. The summed E-state index contributed by atoms with van der Waals surface area (Å²) in [4.78, 5) is 27.5. The Kier molecular flexibility index (Phi) is 4.90. The van der Waals surface area contributed by atoms with Gasteiger partial charge in [0.1, 0.15) is 5.82 Å². The summed E-state index contributed by atoms with van der Waals surface area (Å²) in [5.41, 5.74) is 0.795. The van der Waals surface area contributed by atoms with Gasteiger partial charge in [0.25, 0.3) is 5.91 Å². The summed E-state index contributed by atoms with van der Waals surface area (Å²) < 4.78 is 19.0. The molecule has 1 heterocycles. The molecule has 2 N–H and O–H groups in total. The summed E-state index contributed by atoms with van der Waals surface area (Å²) in [5.74, 6) is -1.15. The van der Waals surface area contributed by atoms with Crippen LogP contribution in [0.3, 0.4) is 0 Å². The van der Waals surface area contributed by atoms with E-state index in [0.717, 1.165) is 6.07 Å². The molecule has 2 aromatic rings. The predicted octanol–water partition coefficient (Wildman–Crippen LogP) is 2.75. The van der Waals surface area contributed by atoms with Crippen molar-refractivity contribution in [2.24, 2.45) is 0 Å². The van der Waals surface area contributed by atoms with Gasteiger partial charge in [0.2, 0.25) is 5.91 Å². The Balaban J connectivity index is 2.30. The van der Waals surface area contributed by atoms with Crippen molar-refractivity contribution in [1.29, 1.82) is 0 Å². The third-order valence-electron chi connectivity index (χ3n) is 2.98. The molecule has 0 aliphatic rings. The molecule has 6 nitrogen and oxygen atoms in total. The number of hydrogen-bond acceptors (Lipinski definition) is 4. The van der Waals surface area contributed by atoms with Gasteiger partial charge in [-0.05, 0) is 37.3 Å². The first-order valence-corrected chi connectivity index (χ1v) is 6.81. The van der Waals surface area contributed by atoms with Crippen molar-refractivity contribution in [1.82, 2.24) is 4.98 Å². The zero-order valence-corrected chi connectivity index (χ0v) is 12.9. The number of pyridine rings is 1. The molecule has 0 unspecified atom stereocenters. The van der Waals surface area contributed by atoms with Crippen LogP contribution in [-0.4, -0.2) is 23.9 Å². The zero-order chi connectivity index (χ0) is 17.0. The van der Waals surface area contributed by atoms with Gasteiger partial charge in [0.15, 0.2) is 11.6 Å². The zero-order valence-electron chi connectivity index (χ0n) is 12.9. The lowest BCUT2D eigenvalue weighted by Crippen LogP contribution is -2.16. The topological polar surface area (TPSA) is 80.3 Å². The fourth-order valence-corrected chi connectivity index (χ4v) is 1.95. The fraction of sp³-hybridized carbons (Fsp3) is 0.188. The first-order chi connectivity index (χ1) is 10.9. The molecule has 0 fully saturated rings. The Bertz CT molecular complexity index is 762. The smallest absolute Gasteiger partial charge is 0.259 e. The van der Waals surface area contributed by atoms with E-state index in [1.807, 2.05) is 0 Å². The molecule has 0 aliphatic heterocycles. The largest absolute Gasteiger partial charge is 0.493 e. The number of methoxy groups -OCH3 is 1. The predicted molar refractivity (Wildman–Crippen MR) is 84.2 cm³/mol. The van der Waals surface area contributed by atoms with Crippen LogP contribution in [0.25, 0.3) is 0 Å². The molecule has 0 radical (unpaired) electrons. The highest BCUT2D eigenvalue weighted by atomic mass is 19.1. The molecule has 0 saturated heterocycles. The van der Waals surface area contributed by atoms with E-state index in [-0.39, 0.29) is 17.3 Å². The molecule has 7 heteroatoms. The van der Waals surface area contributed by atoms with Crippen molar-refractivity contribution >= 4 is 23.3 Å². The van der Waals surface area contributed by atoms with Gasteiger partial charge in [-0.2, -0.15) is 0 Å². The van der Waals surface area contributed by atoms with E-state index < -0.39 is 11.7 Å². The number of nitrogens with zero attached hydrogens (tertiary/aromatic N) is 1. The highest BCUT2D eigenvalue weighted by Gasteiger charge is 2.16. The van der Waals surface area contributed by atoms with Gasteiger partial charge in [-0.3, -0.25) is 9.59 Å². The maximum atomic E-state index is 13.9. The average molecular weight is 317 g/mol. The second-order valence-electron chi connectivity index (χ2n) is 4.83. The summed E-state index contributed by atoms with van der Waals surface area (Å²) in [6.45, 7) is 3.08. The van der Waals surface area contributed by atoms with Gasteiger partial charge < -0.3 is 15.4 Å². The Labute approximate surface area is 132 Å². The summed E-state index contributed by atoms with van der Waals surface area (Å²) >= 11 is 0. The van der Waals surface area contributed by atoms with Gasteiger partial charge in [-0.1, -0.05) is 0 Å². The van der Waals surface area contributed by atoms with Crippen molar-refractivity contribution in [3.63, 3.8) is 0 Å². The van der Waals surface area contributed by atoms with Crippen molar-refractivity contribution < 1.29 is 18.7 Å². The van der Waals surface area contributed by atoms with Crippen LogP contribution >= 0.6 is 0 Å². The number of carbonyl (C=O) groups is 2. The minimum atomic E-state index is -0.705. The Morgan fingerprint density at radius 2 is 1.91 bits per heavy atom. The normalized spacial score (nSPS) is 10.1. The maximum absolute atomic E-state index is 13.9. The number of hydrogen-bond donors (Lipinski definition) is 2. The van der Waals surface area contributed by atoms with Gasteiger partial charge >= 0.3 is 0 Å². The first kappa shape index (κ1) is 16.4. The van der Waals surface area contributed by atoms with Gasteiger partial charge in [-0.25, -0.2) is 9.37 Å². The van der Waals surface area contributed by atoms with Crippen molar-refractivity contribution in [3.05, 3.63) is 47.4 Å². The van der Waals surface area contributed by atoms with E-state index in [1.165, 1.54) is 26.2 Å². The standard InChI is InChI=1S/C16H16FN3O3/c1-9-4-7-14(23-3)15(18-9)20-16(22)12-8-11(19-10(2)21)5-6-13(12)17/h4-8H,1-3H3,(H,19,21)(H,18,20,22). The van der Waals surface area contributed by atoms with E-state index in [9.17, 15) is 14.0 Å². The molecule has 23 heavy (non-hydrogen) atoms. The number of aromatic nitrogens is 1. The molecule has 0 aliphatic carbocycles. The lowest BCUT2D eigenvalue weighted by atomic mass is 10.1. The van der Waals surface area contributed by atoms with Crippen LogP contribution in [0.5, 0.6) is 5.75 Å². The number of carbonyl (C=O) groups excluding carboxylic acids is 2. The highest BCUT2D eigenvalue weighted by Crippen LogP contribution is 2.23. The molecular weight excluding hydrogens is 301 g/mol. The van der Waals surface area contributed by atoms with Gasteiger partial charge in [-0.15, -0.1) is 0 Å². The van der Waals surface area contributed by atoms with E-state index in [0.29, 0.717) is 17.1 Å². The first-order valence-electron chi connectivity index (χ1n) is 6.81. The van der Waals surface area contributed by atoms with E-state index in [4.69, 9.17) is 4.74 Å². The molecule has 0 atom stereocenters. The monoisotopic (exact) mass is 317 g/mol. The molecule has 120 valence electrons. The van der Waals surface area contributed by atoms with Crippen LogP contribution in [0.4, 0.5) is 15.9 Å². The maximum Gasteiger partial charge on any atom is 0.259 e. The molecular formula is C16H16FN3O3. The van der Waals surface area contributed by atoms with Crippen LogP contribution in [0.2, 0.25) is 0 Å². The molecule has 0 saturated carbocycles. The number of rotatable bonds is 4. The number of amides is 2. The summed E-state index contributed by atoms with van der Waals surface area (Å²) in [5, 5.41) is 5.01. The number of halogens is 1. The third kappa shape index (κ3) is 4.03.